The van der Waals surface area contributed by atoms with Gasteiger partial charge in [0.15, 0.2) is 5.82 Å². The minimum absolute atomic E-state index is 0.177. The standard InChI is InChI=1S/C9H16N4O/c1-6(2)4-13(3)8-7(10)9(14)12-5-11-8/h5-6H,4,10H2,1-3H3,(H,11,12,14). The summed E-state index contributed by atoms with van der Waals surface area (Å²) in [5, 5.41) is 0. The Morgan fingerprint density at radius 1 is 1.64 bits per heavy atom. The Kier molecular flexibility index (Phi) is 3.11. The van der Waals surface area contributed by atoms with E-state index in [2.05, 4.69) is 23.8 Å². The third-order valence-electron chi connectivity index (χ3n) is 1.87. The maximum atomic E-state index is 11.2. The van der Waals surface area contributed by atoms with Crippen LogP contribution in [0.5, 0.6) is 0 Å². The molecule has 5 heteroatoms. The first-order valence-electron chi connectivity index (χ1n) is 4.56. The van der Waals surface area contributed by atoms with Crippen molar-refractivity contribution in [2.45, 2.75) is 13.8 Å². The van der Waals surface area contributed by atoms with Gasteiger partial charge in [-0.2, -0.15) is 0 Å². The molecule has 0 atom stereocenters. The van der Waals surface area contributed by atoms with Crippen molar-refractivity contribution in [3.8, 4) is 0 Å². The smallest absolute Gasteiger partial charge is 0.276 e. The van der Waals surface area contributed by atoms with Crippen molar-refractivity contribution in [3.05, 3.63) is 16.7 Å². The van der Waals surface area contributed by atoms with Crippen LogP contribution in [0.1, 0.15) is 13.8 Å². The third kappa shape index (κ3) is 2.25. The Morgan fingerprint density at radius 2 is 2.29 bits per heavy atom. The topological polar surface area (TPSA) is 75.0 Å². The number of hydrogen-bond donors (Lipinski definition) is 2. The van der Waals surface area contributed by atoms with E-state index in [0.29, 0.717) is 11.7 Å². The van der Waals surface area contributed by atoms with E-state index >= 15 is 0 Å². The first kappa shape index (κ1) is 10.6. The molecule has 0 fully saturated rings. The summed E-state index contributed by atoms with van der Waals surface area (Å²) in [6.07, 6.45) is 1.37. The van der Waals surface area contributed by atoms with E-state index in [4.69, 9.17) is 5.73 Å². The zero-order chi connectivity index (χ0) is 10.7. The van der Waals surface area contributed by atoms with Crippen molar-refractivity contribution >= 4 is 11.5 Å². The molecule has 1 aromatic heterocycles. The highest BCUT2D eigenvalue weighted by molar-refractivity contribution is 5.60. The molecule has 3 N–H and O–H groups in total. The average Bonchev–Trinajstić information content (AvgIpc) is 2.08. The molecule has 0 aliphatic rings. The van der Waals surface area contributed by atoms with E-state index in [-0.39, 0.29) is 11.2 Å². The number of H-pyrrole nitrogens is 1. The van der Waals surface area contributed by atoms with E-state index in [9.17, 15) is 4.79 Å². The number of nitrogens with one attached hydrogen (secondary N) is 1. The minimum atomic E-state index is -0.286. The SMILES string of the molecule is CC(C)CN(C)c1nc[nH]c(=O)c1N. The lowest BCUT2D eigenvalue weighted by molar-refractivity contribution is 0.634. The predicted molar refractivity (Wildman–Crippen MR) is 57.4 cm³/mol. The van der Waals surface area contributed by atoms with Gasteiger partial charge in [0, 0.05) is 13.6 Å². The molecular weight excluding hydrogens is 180 g/mol. The van der Waals surface area contributed by atoms with E-state index < -0.39 is 0 Å². The molecule has 0 aliphatic heterocycles. The molecule has 0 bridgehead atoms. The minimum Gasteiger partial charge on any atom is -0.391 e. The summed E-state index contributed by atoms with van der Waals surface area (Å²) in [5.41, 5.74) is 5.50. The fourth-order valence-electron chi connectivity index (χ4n) is 1.34. The van der Waals surface area contributed by atoms with Crippen LogP contribution in [0, 0.1) is 5.92 Å². The van der Waals surface area contributed by atoms with Gasteiger partial charge in [-0.15, -0.1) is 0 Å². The highest BCUT2D eigenvalue weighted by atomic mass is 16.1. The summed E-state index contributed by atoms with van der Waals surface area (Å²) in [6.45, 7) is 5.01. The molecule has 1 rings (SSSR count). The number of nitrogen functional groups attached to an aromatic ring is 1. The van der Waals surface area contributed by atoms with Crippen LogP contribution in [-0.4, -0.2) is 23.6 Å². The fraction of sp³-hybridized carbons (Fsp3) is 0.556. The molecule has 14 heavy (non-hydrogen) atoms. The lowest BCUT2D eigenvalue weighted by Crippen LogP contribution is -2.27. The van der Waals surface area contributed by atoms with Gasteiger partial charge >= 0.3 is 0 Å². The van der Waals surface area contributed by atoms with Crippen LogP contribution in [0.25, 0.3) is 0 Å². The third-order valence-corrected chi connectivity index (χ3v) is 1.87. The lowest BCUT2D eigenvalue weighted by Gasteiger charge is -2.20. The highest BCUT2D eigenvalue weighted by Crippen LogP contribution is 2.14. The zero-order valence-electron chi connectivity index (χ0n) is 8.74. The Balaban J connectivity index is 2.95. The summed E-state index contributed by atoms with van der Waals surface area (Å²) in [7, 11) is 1.87. The number of nitrogens with two attached hydrogens (primary N) is 1. The van der Waals surface area contributed by atoms with Gasteiger partial charge in [0.2, 0.25) is 0 Å². The molecule has 1 aromatic rings. The van der Waals surface area contributed by atoms with Gasteiger partial charge in [-0.1, -0.05) is 13.8 Å². The van der Waals surface area contributed by atoms with Crippen molar-refractivity contribution in [1.82, 2.24) is 9.97 Å². The molecular formula is C9H16N4O. The fourth-order valence-corrected chi connectivity index (χ4v) is 1.34. The lowest BCUT2D eigenvalue weighted by atomic mass is 10.2. The number of nitrogens with zero attached hydrogens (tertiary/aromatic N) is 2. The maximum absolute atomic E-state index is 11.2. The quantitative estimate of drug-likeness (QED) is 0.735. The van der Waals surface area contributed by atoms with E-state index in [1.807, 2.05) is 11.9 Å². The van der Waals surface area contributed by atoms with Gasteiger partial charge in [-0.3, -0.25) is 4.79 Å². The number of aromatic nitrogens is 2. The van der Waals surface area contributed by atoms with Gasteiger partial charge in [-0.05, 0) is 5.92 Å². The molecule has 0 radical (unpaired) electrons. The molecule has 0 unspecified atom stereocenters. The van der Waals surface area contributed by atoms with Gasteiger partial charge < -0.3 is 15.6 Å². The summed E-state index contributed by atoms with van der Waals surface area (Å²) < 4.78 is 0. The molecule has 0 saturated carbocycles. The van der Waals surface area contributed by atoms with Gasteiger partial charge in [0.05, 0.1) is 6.33 Å². The first-order chi connectivity index (χ1) is 6.52. The number of anilines is 2. The molecule has 0 amide bonds. The molecule has 78 valence electrons. The summed E-state index contributed by atoms with van der Waals surface area (Å²) in [4.78, 5) is 19.5. The molecule has 0 saturated heterocycles. The van der Waals surface area contributed by atoms with Crippen LogP contribution in [-0.2, 0) is 0 Å². The molecule has 0 aliphatic carbocycles. The van der Waals surface area contributed by atoms with Crippen LogP contribution in [0.4, 0.5) is 11.5 Å². The normalized spacial score (nSPS) is 10.6. The number of rotatable bonds is 3. The van der Waals surface area contributed by atoms with E-state index in [0.717, 1.165) is 6.54 Å². The summed E-state index contributed by atoms with van der Waals surface area (Å²) >= 11 is 0. The zero-order valence-corrected chi connectivity index (χ0v) is 8.74. The Labute approximate surface area is 83.0 Å². The molecule has 5 nitrogen and oxygen atoms in total. The second-order valence-corrected chi connectivity index (χ2v) is 3.74. The molecule has 1 heterocycles. The van der Waals surface area contributed by atoms with Crippen LogP contribution in [0.3, 0.4) is 0 Å². The highest BCUT2D eigenvalue weighted by Gasteiger charge is 2.10. The van der Waals surface area contributed by atoms with Crippen molar-refractivity contribution in [1.29, 1.82) is 0 Å². The van der Waals surface area contributed by atoms with Crippen LogP contribution in [0.15, 0.2) is 11.1 Å². The summed E-state index contributed by atoms with van der Waals surface area (Å²) in [6, 6.07) is 0. The average molecular weight is 196 g/mol. The van der Waals surface area contributed by atoms with Crippen LogP contribution < -0.4 is 16.2 Å². The summed E-state index contributed by atoms with van der Waals surface area (Å²) in [5.74, 6) is 1.04. The monoisotopic (exact) mass is 196 g/mol. The van der Waals surface area contributed by atoms with E-state index in [1.165, 1.54) is 6.33 Å². The van der Waals surface area contributed by atoms with Crippen LogP contribution >= 0.6 is 0 Å². The second kappa shape index (κ2) is 4.13. The van der Waals surface area contributed by atoms with Crippen molar-refractivity contribution in [2.24, 2.45) is 5.92 Å². The first-order valence-corrected chi connectivity index (χ1v) is 4.56. The van der Waals surface area contributed by atoms with Crippen LogP contribution in [0.2, 0.25) is 0 Å². The Hall–Kier alpha value is -1.52. The Morgan fingerprint density at radius 3 is 2.86 bits per heavy atom. The second-order valence-electron chi connectivity index (χ2n) is 3.74. The van der Waals surface area contributed by atoms with E-state index in [1.54, 1.807) is 0 Å². The molecule has 0 aromatic carbocycles. The predicted octanol–water partition coefficient (Wildman–Crippen LogP) is 0.444. The number of hydrogen-bond acceptors (Lipinski definition) is 4. The van der Waals surface area contributed by atoms with Crippen molar-refractivity contribution in [2.75, 3.05) is 24.2 Å². The van der Waals surface area contributed by atoms with Gasteiger partial charge in [-0.25, -0.2) is 4.98 Å². The van der Waals surface area contributed by atoms with Crippen molar-refractivity contribution < 1.29 is 0 Å². The number of aromatic amines is 1. The Bertz CT molecular complexity index is 358. The van der Waals surface area contributed by atoms with Crippen molar-refractivity contribution in [3.63, 3.8) is 0 Å². The maximum Gasteiger partial charge on any atom is 0.276 e. The largest absolute Gasteiger partial charge is 0.391 e. The van der Waals surface area contributed by atoms with Gasteiger partial charge in [0.25, 0.3) is 5.56 Å². The van der Waals surface area contributed by atoms with Gasteiger partial charge in [0.1, 0.15) is 5.69 Å². The molecule has 0 spiro atoms.